The normalized spacial score (nSPS) is 22.3. The lowest BCUT2D eigenvalue weighted by Gasteiger charge is -2.27. The van der Waals surface area contributed by atoms with Gasteiger partial charge < -0.3 is 14.6 Å². The highest BCUT2D eigenvalue weighted by Crippen LogP contribution is 2.27. The molecule has 2 saturated heterocycles. The highest BCUT2D eigenvalue weighted by Gasteiger charge is 2.31. The number of ether oxygens (including phenoxy) is 2. The molecule has 1 unspecified atom stereocenters. The van der Waals surface area contributed by atoms with Crippen LogP contribution in [-0.2, 0) is 6.54 Å². The Balaban J connectivity index is 1.25. The van der Waals surface area contributed by atoms with E-state index in [-0.39, 0.29) is 0 Å². The molecule has 0 spiro atoms. The molecular formula is C28H40N2O3. The third-order valence-corrected chi connectivity index (χ3v) is 7.02. The number of likely N-dealkylation sites (tertiary alicyclic amines) is 2. The lowest BCUT2D eigenvalue weighted by atomic mass is 9.96. The van der Waals surface area contributed by atoms with Gasteiger partial charge in [0.15, 0.2) is 0 Å². The lowest BCUT2D eigenvalue weighted by Crippen LogP contribution is -2.37. The van der Waals surface area contributed by atoms with Crippen molar-refractivity contribution < 1.29 is 14.6 Å². The molecule has 180 valence electrons. The van der Waals surface area contributed by atoms with Crippen LogP contribution in [0.15, 0.2) is 42.5 Å². The van der Waals surface area contributed by atoms with E-state index in [1.54, 1.807) is 0 Å². The fourth-order valence-corrected chi connectivity index (χ4v) is 5.00. The third kappa shape index (κ3) is 7.20. The SMILES string of the molecule is Cc1ccc(OCC2(O)CCCN(Cc3cccc(OCCN4CCCC4)c3)CC2)c(C)c1. The molecule has 0 bridgehead atoms. The molecule has 2 aliphatic heterocycles. The van der Waals surface area contributed by atoms with Crippen molar-refractivity contribution >= 4 is 0 Å². The summed E-state index contributed by atoms with van der Waals surface area (Å²) in [4.78, 5) is 4.92. The Kier molecular flexibility index (Phi) is 8.29. The monoisotopic (exact) mass is 452 g/mol. The summed E-state index contributed by atoms with van der Waals surface area (Å²) < 4.78 is 12.1. The van der Waals surface area contributed by atoms with Crippen LogP contribution in [0.2, 0.25) is 0 Å². The summed E-state index contributed by atoms with van der Waals surface area (Å²) in [5.74, 6) is 1.83. The van der Waals surface area contributed by atoms with Gasteiger partial charge in [0.05, 0.1) is 5.60 Å². The molecule has 33 heavy (non-hydrogen) atoms. The van der Waals surface area contributed by atoms with Crippen LogP contribution in [0.25, 0.3) is 0 Å². The Morgan fingerprint density at radius 3 is 2.52 bits per heavy atom. The van der Waals surface area contributed by atoms with Crippen molar-refractivity contribution in [3.8, 4) is 11.5 Å². The molecule has 1 atom stereocenters. The largest absolute Gasteiger partial charge is 0.492 e. The van der Waals surface area contributed by atoms with E-state index >= 15 is 0 Å². The number of nitrogens with zero attached hydrogens (tertiary/aromatic N) is 2. The van der Waals surface area contributed by atoms with Crippen LogP contribution >= 0.6 is 0 Å². The molecular weight excluding hydrogens is 412 g/mol. The van der Waals surface area contributed by atoms with E-state index in [0.717, 1.165) is 69.1 Å². The van der Waals surface area contributed by atoms with Crippen LogP contribution in [0.1, 0.15) is 48.8 Å². The van der Waals surface area contributed by atoms with Crippen LogP contribution in [0.3, 0.4) is 0 Å². The van der Waals surface area contributed by atoms with Crippen molar-refractivity contribution in [2.45, 2.75) is 58.1 Å². The quantitative estimate of drug-likeness (QED) is 0.604. The van der Waals surface area contributed by atoms with Gasteiger partial charge in [0.1, 0.15) is 24.7 Å². The minimum absolute atomic E-state index is 0.352. The standard InChI is InChI=1S/C28H40N2O3/c1-23-9-10-27(24(2)19-23)33-22-28(31)11-6-15-30(16-12-28)21-25-7-5-8-26(20-25)32-18-17-29-13-3-4-14-29/h5,7-10,19-20,31H,3-4,6,11-18,21-22H2,1-2H3. The summed E-state index contributed by atoms with van der Waals surface area (Å²) in [6.45, 7) is 11.4. The summed E-state index contributed by atoms with van der Waals surface area (Å²) in [6.07, 6.45) is 5.10. The molecule has 0 saturated carbocycles. The van der Waals surface area contributed by atoms with Crippen molar-refractivity contribution in [1.82, 2.24) is 9.80 Å². The number of aryl methyl sites for hydroxylation is 2. The van der Waals surface area contributed by atoms with E-state index in [2.05, 4.69) is 60.0 Å². The zero-order valence-corrected chi connectivity index (χ0v) is 20.4. The Hall–Kier alpha value is -2.08. The van der Waals surface area contributed by atoms with E-state index in [1.807, 2.05) is 6.07 Å². The predicted molar refractivity (Wildman–Crippen MR) is 133 cm³/mol. The molecule has 5 heteroatoms. The molecule has 2 heterocycles. The van der Waals surface area contributed by atoms with Crippen molar-refractivity contribution in [1.29, 1.82) is 0 Å². The average molecular weight is 453 g/mol. The first-order chi connectivity index (χ1) is 16.0. The summed E-state index contributed by atoms with van der Waals surface area (Å²) in [5, 5.41) is 11.2. The van der Waals surface area contributed by atoms with E-state index in [9.17, 15) is 5.11 Å². The van der Waals surface area contributed by atoms with E-state index < -0.39 is 5.60 Å². The molecule has 2 fully saturated rings. The minimum Gasteiger partial charge on any atom is -0.492 e. The maximum atomic E-state index is 11.2. The van der Waals surface area contributed by atoms with Crippen LogP contribution in [0.5, 0.6) is 11.5 Å². The lowest BCUT2D eigenvalue weighted by molar-refractivity contribution is -0.0170. The molecule has 4 rings (SSSR count). The predicted octanol–water partition coefficient (Wildman–Crippen LogP) is 4.57. The number of hydrogen-bond donors (Lipinski definition) is 1. The van der Waals surface area contributed by atoms with Gasteiger partial charge in [-0.3, -0.25) is 9.80 Å². The summed E-state index contributed by atoms with van der Waals surface area (Å²) in [7, 11) is 0. The topological polar surface area (TPSA) is 45.2 Å². The fraction of sp³-hybridized carbons (Fsp3) is 0.571. The van der Waals surface area contributed by atoms with Gasteiger partial charge in [-0.1, -0.05) is 29.8 Å². The molecule has 2 aromatic carbocycles. The van der Waals surface area contributed by atoms with Crippen molar-refractivity contribution in [2.24, 2.45) is 0 Å². The smallest absolute Gasteiger partial charge is 0.122 e. The first-order valence-electron chi connectivity index (χ1n) is 12.6. The van der Waals surface area contributed by atoms with Gasteiger partial charge in [-0.25, -0.2) is 0 Å². The van der Waals surface area contributed by atoms with Crippen molar-refractivity contribution in [3.63, 3.8) is 0 Å². The molecule has 0 aliphatic carbocycles. The number of rotatable bonds is 9. The fourth-order valence-electron chi connectivity index (χ4n) is 5.00. The summed E-state index contributed by atoms with van der Waals surface area (Å²) in [6, 6.07) is 14.7. The highest BCUT2D eigenvalue weighted by molar-refractivity contribution is 5.35. The van der Waals surface area contributed by atoms with Crippen molar-refractivity contribution in [3.05, 3.63) is 59.2 Å². The van der Waals surface area contributed by atoms with E-state index in [0.29, 0.717) is 6.61 Å². The highest BCUT2D eigenvalue weighted by atomic mass is 16.5. The maximum Gasteiger partial charge on any atom is 0.122 e. The zero-order valence-electron chi connectivity index (χ0n) is 20.4. The Morgan fingerprint density at radius 2 is 1.70 bits per heavy atom. The van der Waals surface area contributed by atoms with Gasteiger partial charge in [0, 0.05) is 19.6 Å². The van der Waals surface area contributed by atoms with Crippen LogP contribution in [-0.4, -0.2) is 66.4 Å². The second-order valence-electron chi connectivity index (χ2n) is 9.96. The van der Waals surface area contributed by atoms with Gasteiger partial charge >= 0.3 is 0 Å². The molecule has 0 radical (unpaired) electrons. The van der Waals surface area contributed by atoms with Crippen LogP contribution < -0.4 is 9.47 Å². The Bertz CT molecular complexity index is 896. The summed E-state index contributed by atoms with van der Waals surface area (Å²) in [5.41, 5.74) is 2.85. The number of aliphatic hydroxyl groups is 1. The van der Waals surface area contributed by atoms with Crippen LogP contribution in [0, 0.1) is 13.8 Å². The third-order valence-electron chi connectivity index (χ3n) is 7.02. The maximum absolute atomic E-state index is 11.2. The van der Waals surface area contributed by atoms with Gasteiger partial charge in [-0.15, -0.1) is 0 Å². The number of hydrogen-bond acceptors (Lipinski definition) is 5. The summed E-state index contributed by atoms with van der Waals surface area (Å²) >= 11 is 0. The molecule has 0 amide bonds. The molecule has 1 N–H and O–H groups in total. The van der Waals surface area contributed by atoms with Gasteiger partial charge in [0.2, 0.25) is 0 Å². The van der Waals surface area contributed by atoms with Gasteiger partial charge in [0.25, 0.3) is 0 Å². The Morgan fingerprint density at radius 1 is 0.879 bits per heavy atom. The second kappa shape index (κ2) is 11.4. The molecule has 0 aromatic heterocycles. The van der Waals surface area contributed by atoms with E-state index in [1.165, 1.54) is 37.1 Å². The first-order valence-corrected chi connectivity index (χ1v) is 12.6. The first kappa shape index (κ1) is 24.1. The molecule has 2 aliphatic rings. The second-order valence-corrected chi connectivity index (χ2v) is 9.96. The zero-order chi connectivity index (χ0) is 23.1. The van der Waals surface area contributed by atoms with Crippen molar-refractivity contribution in [2.75, 3.05) is 45.9 Å². The number of benzene rings is 2. The van der Waals surface area contributed by atoms with Crippen LogP contribution in [0.4, 0.5) is 0 Å². The average Bonchev–Trinajstić information content (AvgIpc) is 3.24. The van der Waals surface area contributed by atoms with Gasteiger partial charge in [-0.05, 0) is 94.9 Å². The molecule has 2 aromatic rings. The molecule has 5 nitrogen and oxygen atoms in total. The van der Waals surface area contributed by atoms with E-state index in [4.69, 9.17) is 9.47 Å². The van der Waals surface area contributed by atoms with Gasteiger partial charge in [-0.2, -0.15) is 0 Å². The Labute approximate surface area is 199 Å². The minimum atomic E-state index is -0.771.